The highest BCUT2D eigenvalue weighted by Gasteiger charge is 2.15. The molecule has 0 aliphatic heterocycles. The average molecular weight is 645 g/mol. The average Bonchev–Trinajstić information content (AvgIpc) is 3.56. The smallest absolute Gasteiger partial charge is 0.160 e. The lowest BCUT2D eigenvalue weighted by atomic mass is 9.87. The highest BCUT2D eigenvalue weighted by Crippen LogP contribution is 2.39. The maximum absolute atomic E-state index is 5.06. The van der Waals surface area contributed by atoms with Gasteiger partial charge in [-0.25, -0.2) is 9.97 Å². The molecule has 3 heteroatoms. The van der Waals surface area contributed by atoms with Gasteiger partial charge < -0.3 is 0 Å². The Labute approximate surface area is 290 Å². The van der Waals surface area contributed by atoms with Crippen LogP contribution in [0.4, 0.5) is 0 Å². The lowest BCUT2D eigenvalue weighted by molar-refractivity contribution is 0.857. The highest BCUT2D eigenvalue weighted by molar-refractivity contribution is 7.25. The zero-order valence-corrected chi connectivity index (χ0v) is 27.6. The largest absolute Gasteiger partial charge is 0.228 e. The number of hydrogen-bond acceptors (Lipinski definition) is 3. The minimum Gasteiger partial charge on any atom is -0.228 e. The molecule has 2 aromatic heterocycles. The summed E-state index contributed by atoms with van der Waals surface area (Å²) in [7, 11) is 0. The molecule has 1 atom stereocenters. The Balaban J connectivity index is 1.01. The van der Waals surface area contributed by atoms with Crippen molar-refractivity contribution in [2.45, 2.75) is 12.3 Å². The van der Waals surface area contributed by atoms with Crippen LogP contribution in [0.2, 0.25) is 0 Å². The van der Waals surface area contributed by atoms with Crippen molar-refractivity contribution < 1.29 is 0 Å². The molecule has 2 heterocycles. The molecule has 0 N–H and O–H groups in total. The molecule has 0 spiro atoms. The summed E-state index contributed by atoms with van der Waals surface area (Å²) in [5.74, 6) is 1.14. The third-order valence-electron chi connectivity index (χ3n) is 9.48. The summed E-state index contributed by atoms with van der Waals surface area (Å²) in [5, 5.41) is 2.57. The molecule has 232 valence electrons. The Morgan fingerprint density at radius 2 is 1.02 bits per heavy atom. The molecular formula is C46H32N2S. The van der Waals surface area contributed by atoms with Crippen LogP contribution >= 0.6 is 11.3 Å². The van der Waals surface area contributed by atoms with Crippen LogP contribution < -0.4 is 0 Å². The quantitative estimate of drug-likeness (QED) is 0.180. The fourth-order valence-corrected chi connectivity index (χ4v) is 8.00. The van der Waals surface area contributed by atoms with E-state index in [1.165, 1.54) is 48.0 Å². The molecular weight excluding hydrogens is 613 g/mol. The molecule has 0 radical (unpaired) electrons. The van der Waals surface area contributed by atoms with E-state index in [1.807, 2.05) is 35.6 Å². The Hall–Kier alpha value is -5.90. The molecule has 8 aromatic rings. The lowest BCUT2D eigenvalue weighted by Crippen LogP contribution is -1.98. The van der Waals surface area contributed by atoms with Gasteiger partial charge in [-0.2, -0.15) is 0 Å². The van der Waals surface area contributed by atoms with Gasteiger partial charge in [-0.15, -0.1) is 11.3 Å². The van der Waals surface area contributed by atoms with Gasteiger partial charge in [0.25, 0.3) is 0 Å². The van der Waals surface area contributed by atoms with Crippen LogP contribution in [0.15, 0.2) is 176 Å². The van der Waals surface area contributed by atoms with E-state index in [-0.39, 0.29) is 0 Å². The summed E-state index contributed by atoms with van der Waals surface area (Å²) < 4.78 is 2.55. The van der Waals surface area contributed by atoms with E-state index in [2.05, 4.69) is 152 Å². The van der Waals surface area contributed by atoms with Crippen LogP contribution in [-0.4, -0.2) is 9.97 Å². The maximum Gasteiger partial charge on any atom is 0.160 e. The molecule has 0 saturated heterocycles. The molecule has 9 rings (SSSR count). The van der Waals surface area contributed by atoms with Gasteiger partial charge in [0.1, 0.15) is 0 Å². The molecule has 1 aliphatic rings. The molecule has 0 saturated carbocycles. The molecule has 1 unspecified atom stereocenters. The molecule has 6 aromatic carbocycles. The first-order valence-corrected chi connectivity index (χ1v) is 17.6. The Kier molecular flexibility index (Phi) is 7.53. The van der Waals surface area contributed by atoms with Gasteiger partial charge in [-0.1, -0.05) is 158 Å². The normalized spacial score (nSPS) is 14.3. The second kappa shape index (κ2) is 12.6. The van der Waals surface area contributed by atoms with Crippen LogP contribution in [0.3, 0.4) is 0 Å². The van der Waals surface area contributed by atoms with Gasteiger partial charge in [0.2, 0.25) is 0 Å². The maximum atomic E-state index is 5.06. The third-order valence-corrected chi connectivity index (χ3v) is 10.6. The van der Waals surface area contributed by atoms with Gasteiger partial charge in [0.15, 0.2) is 5.82 Å². The number of hydrogen-bond donors (Lipinski definition) is 0. The number of aromatic nitrogens is 2. The zero-order valence-electron chi connectivity index (χ0n) is 26.8. The number of thiophene rings is 1. The van der Waals surface area contributed by atoms with Crippen LogP contribution in [-0.2, 0) is 0 Å². The topological polar surface area (TPSA) is 25.8 Å². The van der Waals surface area contributed by atoms with Crippen molar-refractivity contribution in [1.82, 2.24) is 9.97 Å². The summed E-state index contributed by atoms with van der Waals surface area (Å²) >= 11 is 1.85. The number of rotatable bonds is 6. The van der Waals surface area contributed by atoms with Crippen molar-refractivity contribution in [2.75, 3.05) is 0 Å². The Bertz CT molecular complexity index is 2440. The Morgan fingerprint density at radius 3 is 1.65 bits per heavy atom. The van der Waals surface area contributed by atoms with Gasteiger partial charge >= 0.3 is 0 Å². The van der Waals surface area contributed by atoms with Crippen molar-refractivity contribution in [1.29, 1.82) is 0 Å². The molecule has 0 fully saturated rings. The first-order valence-electron chi connectivity index (χ1n) is 16.8. The molecule has 49 heavy (non-hydrogen) atoms. The van der Waals surface area contributed by atoms with E-state index in [0.717, 1.165) is 40.3 Å². The van der Waals surface area contributed by atoms with Crippen LogP contribution in [0.1, 0.15) is 23.5 Å². The predicted molar refractivity (Wildman–Crippen MR) is 208 cm³/mol. The fourth-order valence-electron chi connectivity index (χ4n) is 6.82. The van der Waals surface area contributed by atoms with Gasteiger partial charge in [-0.3, -0.25) is 0 Å². The molecule has 1 aliphatic carbocycles. The summed E-state index contributed by atoms with van der Waals surface area (Å²) in [6.07, 6.45) is 8.00. The zero-order chi connectivity index (χ0) is 32.6. The summed E-state index contributed by atoms with van der Waals surface area (Å²) in [6, 6.07) is 56.1. The van der Waals surface area contributed by atoms with E-state index >= 15 is 0 Å². The summed E-state index contributed by atoms with van der Waals surface area (Å²) in [6.45, 7) is 0. The van der Waals surface area contributed by atoms with E-state index in [4.69, 9.17) is 9.97 Å². The van der Waals surface area contributed by atoms with Crippen molar-refractivity contribution in [3.05, 3.63) is 187 Å². The van der Waals surface area contributed by atoms with E-state index < -0.39 is 0 Å². The minimum absolute atomic E-state index is 0.406. The molecule has 0 bridgehead atoms. The van der Waals surface area contributed by atoms with Crippen molar-refractivity contribution >= 4 is 37.1 Å². The predicted octanol–water partition coefficient (Wildman–Crippen LogP) is 12.6. The van der Waals surface area contributed by atoms with Crippen molar-refractivity contribution in [2.24, 2.45) is 0 Å². The third kappa shape index (κ3) is 5.79. The Morgan fingerprint density at radius 1 is 0.469 bits per heavy atom. The van der Waals surface area contributed by atoms with E-state index in [0.29, 0.717) is 5.92 Å². The minimum atomic E-state index is 0.406. The monoisotopic (exact) mass is 644 g/mol. The molecule has 2 nitrogen and oxygen atoms in total. The van der Waals surface area contributed by atoms with Crippen LogP contribution in [0.5, 0.6) is 0 Å². The lowest BCUT2D eigenvalue weighted by Gasteiger charge is -2.17. The first-order chi connectivity index (χ1) is 24.2. The summed E-state index contributed by atoms with van der Waals surface area (Å²) in [4.78, 5) is 10.0. The van der Waals surface area contributed by atoms with Gasteiger partial charge in [0.05, 0.1) is 11.4 Å². The first kappa shape index (κ1) is 29.3. The highest BCUT2D eigenvalue weighted by atomic mass is 32.1. The second-order valence-corrected chi connectivity index (χ2v) is 13.7. The van der Waals surface area contributed by atoms with E-state index in [9.17, 15) is 0 Å². The fraction of sp³-hybridized carbons (Fsp3) is 0.0435. The summed E-state index contributed by atoms with van der Waals surface area (Å²) in [5.41, 5.74) is 11.5. The molecule has 0 amide bonds. The van der Waals surface area contributed by atoms with Crippen molar-refractivity contribution in [3.8, 4) is 45.0 Å². The number of nitrogens with zero attached hydrogens (tertiary/aromatic N) is 2. The SMILES string of the molecule is C1=CC(c2ccc(-c3ccc4c(c3)sc3cc(-c5cc(-c6ccccc6)nc(-c6ccccc6)n5)ccc34)cc2)CC=C1c1ccccc1. The van der Waals surface area contributed by atoms with Gasteiger partial charge in [0, 0.05) is 42.8 Å². The van der Waals surface area contributed by atoms with Crippen LogP contribution in [0.25, 0.3) is 70.8 Å². The standard InChI is InChI=1S/C46H32N2S/c1-4-10-31(11-5-1)32-16-18-33(19-17-32)34-20-22-35(23-21-34)38-24-26-40-41-27-25-39(29-45(41)49-44(40)28-38)43-30-42(36-12-6-2-7-13-36)47-46(48-43)37-14-8-3-9-15-37/h1-18,20-30,33H,19H2. The van der Waals surface area contributed by atoms with E-state index in [1.54, 1.807) is 0 Å². The number of fused-ring (bicyclic) bond motifs is 3. The number of allylic oxidation sites excluding steroid dienone is 4. The second-order valence-electron chi connectivity index (χ2n) is 12.6. The van der Waals surface area contributed by atoms with Crippen molar-refractivity contribution in [3.63, 3.8) is 0 Å². The van der Waals surface area contributed by atoms with Gasteiger partial charge in [-0.05, 0) is 52.4 Å². The number of benzene rings is 6. The van der Waals surface area contributed by atoms with Crippen LogP contribution in [0, 0.1) is 0 Å².